The minimum absolute atomic E-state index is 0.692. The van der Waals surface area contributed by atoms with Crippen LogP contribution in [0.5, 0.6) is 0 Å². The van der Waals surface area contributed by atoms with Gasteiger partial charge in [-0.3, -0.25) is 9.80 Å². The summed E-state index contributed by atoms with van der Waals surface area (Å²) in [5.74, 6) is 0. The first kappa shape index (κ1) is 15.3. The summed E-state index contributed by atoms with van der Waals surface area (Å²) in [6, 6.07) is 2.89. The fourth-order valence-electron chi connectivity index (χ4n) is 3.83. The lowest BCUT2D eigenvalue weighted by Crippen LogP contribution is -2.61. The molecule has 3 heteroatoms. The number of rotatable bonds is 4. The minimum Gasteiger partial charge on any atom is -0.312 e. The molecule has 1 aliphatic heterocycles. The van der Waals surface area contributed by atoms with Crippen LogP contribution in [0, 0.1) is 0 Å². The SMILES string of the molecule is CCCNC1CCCCC1N1CC(C)N(C)C(C)C1. The molecule has 112 valence electrons. The summed E-state index contributed by atoms with van der Waals surface area (Å²) >= 11 is 0. The molecule has 4 atom stereocenters. The molecule has 4 unspecified atom stereocenters. The van der Waals surface area contributed by atoms with Crippen LogP contribution in [0.2, 0.25) is 0 Å². The van der Waals surface area contributed by atoms with E-state index in [1.165, 1.54) is 51.7 Å². The number of piperazine rings is 1. The van der Waals surface area contributed by atoms with E-state index in [9.17, 15) is 0 Å². The summed E-state index contributed by atoms with van der Waals surface area (Å²) in [6.45, 7) is 10.7. The predicted octanol–water partition coefficient (Wildman–Crippen LogP) is 2.32. The molecule has 2 fully saturated rings. The van der Waals surface area contributed by atoms with Crippen LogP contribution in [0.15, 0.2) is 0 Å². The van der Waals surface area contributed by atoms with Crippen molar-refractivity contribution in [3.8, 4) is 0 Å². The second-order valence-electron chi connectivity index (χ2n) is 6.73. The number of nitrogens with zero attached hydrogens (tertiary/aromatic N) is 2. The predicted molar refractivity (Wildman–Crippen MR) is 82.6 cm³/mol. The van der Waals surface area contributed by atoms with Crippen LogP contribution in [-0.4, -0.2) is 60.6 Å². The van der Waals surface area contributed by atoms with E-state index in [1.54, 1.807) is 0 Å². The lowest BCUT2D eigenvalue weighted by atomic mass is 9.87. The zero-order valence-corrected chi connectivity index (χ0v) is 13.4. The van der Waals surface area contributed by atoms with Gasteiger partial charge < -0.3 is 5.32 Å². The van der Waals surface area contributed by atoms with Crippen molar-refractivity contribution in [2.45, 2.75) is 77.0 Å². The normalized spacial score (nSPS) is 38.5. The highest BCUT2D eigenvalue weighted by molar-refractivity contribution is 4.93. The summed E-state index contributed by atoms with van der Waals surface area (Å²) in [7, 11) is 2.28. The van der Waals surface area contributed by atoms with Gasteiger partial charge in [0, 0.05) is 37.3 Å². The molecule has 19 heavy (non-hydrogen) atoms. The van der Waals surface area contributed by atoms with Crippen molar-refractivity contribution >= 4 is 0 Å². The number of hydrogen-bond acceptors (Lipinski definition) is 3. The second-order valence-corrected chi connectivity index (χ2v) is 6.73. The summed E-state index contributed by atoms with van der Waals surface area (Å²) in [5, 5.41) is 3.80. The molecule has 1 aliphatic carbocycles. The van der Waals surface area contributed by atoms with E-state index in [2.05, 4.69) is 42.9 Å². The van der Waals surface area contributed by atoms with E-state index in [4.69, 9.17) is 0 Å². The Bertz CT molecular complexity index is 257. The summed E-state index contributed by atoms with van der Waals surface area (Å²) in [6.07, 6.45) is 6.85. The van der Waals surface area contributed by atoms with E-state index in [0.717, 1.165) is 12.1 Å². The fourth-order valence-corrected chi connectivity index (χ4v) is 3.83. The molecule has 0 radical (unpaired) electrons. The Kier molecular flexibility index (Phi) is 5.67. The highest BCUT2D eigenvalue weighted by atomic mass is 15.3. The Labute approximate surface area is 119 Å². The smallest absolute Gasteiger partial charge is 0.0250 e. The Morgan fingerprint density at radius 2 is 1.68 bits per heavy atom. The molecule has 0 amide bonds. The third kappa shape index (κ3) is 3.71. The van der Waals surface area contributed by atoms with Crippen LogP contribution in [0.3, 0.4) is 0 Å². The van der Waals surface area contributed by atoms with Gasteiger partial charge in [-0.25, -0.2) is 0 Å². The van der Waals surface area contributed by atoms with Crippen LogP contribution >= 0.6 is 0 Å². The zero-order valence-electron chi connectivity index (χ0n) is 13.4. The molecule has 0 bridgehead atoms. The van der Waals surface area contributed by atoms with Crippen molar-refractivity contribution < 1.29 is 0 Å². The molecule has 2 rings (SSSR count). The van der Waals surface area contributed by atoms with Crippen molar-refractivity contribution in [1.82, 2.24) is 15.1 Å². The summed E-state index contributed by atoms with van der Waals surface area (Å²) < 4.78 is 0. The molecule has 0 aromatic rings. The fraction of sp³-hybridized carbons (Fsp3) is 1.00. The first-order chi connectivity index (χ1) is 9.13. The van der Waals surface area contributed by atoms with Gasteiger partial charge in [-0.2, -0.15) is 0 Å². The van der Waals surface area contributed by atoms with Crippen LogP contribution < -0.4 is 5.32 Å². The standard InChI is InChI=1S/C16H33N3/c1-5-10-17-15-8-6-7-9-16(15)19-11-13(2)18(4)14(3)12-19/h13-17H,5-12H2,1-4H3. The Hall–Kier alpha value is -0.120. The monoisotopic (exact) mass is 267 g/mol. The highest BCUT2D eigenvalue weighted by Gasteiger charge is 2.35. The van der Waals surface area contributed by atoms with E-state index in [0.29, 0.717) is 12.1 Å². The quantitative estimate of drug-likeness (QED) is 0.843. The average Bonchev–Trinajstić information content (AvgIpc) is 2.42. The molecule has 0 aromatic carbocycles. The van der Waals surface area contributed by atoms with Crippen LogP contribution in [0.4, 0.5) is 0 Å². The highest BCUT2D eigenvalue weighted by Crippen LogP contribution is 2.26. The molecule has 1 N–H and O–H groups in total. The maximum Gasteiger partial charge on any atom is 0.0250 e. The van der Waals surface area contributed by atoms with Gasteiger partial charge in [-0.1, -0.05) is 19.8 Å². The van der Waals surface area contributed by atoms with Gasteiger partial charge in [0.15, 0.2) is 0 Å². The first-order valence-corrected chi connectivity index (χ1v) is 8.32. The maximum atomic E-state index is 3.80. The molecule has 0 spiro atoms. The number of likely N-dealkylation sites (N-methyl/N-ethyl adjacent to an activating group) is 1. The van der Waals surface area contributed by atoms with Crippen molar-refractivity contribution in [3.05, 3.63) is 0 Å². The molecule has 1 saturated carbocycles. The number of nitrogens with one attached hydrogen (secondary N) is 1. The Morgan fingerprint density at radius 1 is 1.05 bits per heavy atom. The van der Waals surface area contributed by atoms with Gasteiger partial charge in [0.2, 0.25) is 0 Å². The van der Waals surface area contributed by atoms with Gasteiger partial charge in [0.1, 0.15) is 0 Å². The molecule has 1 heterocycles. The van der Waals surface area contributed by atoms with Crippen LogP contribution in [0.25, 0.3) is 0 Å². The largest absolute Gasteiger partial charge is 0.312 e. The van der Waals surface area contributed by atoms with Crippen LogP contribution in [-0.2, 0) is 0 Å². The second kappa shape index (κ2) is 7.05. The topological polar surface area (TPSA) is 18.5 Å². The first-order valence-electron chi connectivity index (χ1n) is 8.32. The lowest BCUT2D eigenvalue weighted by Gasteiger charge is -2.49. The van der Waals surface area contributed by atoms with E-state index in [1.807, 2.05) is 0 Å². The van der Waals surface area contributed by atoms with Gasteiger partial charge in [0.05, 0.1) is 0 Å². The average molecular weight is 267 g/mol. The summed E-state index contributed by atoms with van der Waals surface area (Å²) in [5.41, 5.74) is 0. The Balaban J connectivity index is 1.97. The third-order valence-corrected chi connectivity index (χ3v) is 5.24. The van der Waals surface area contributed by atoms with E-state index < -0.39 is 0 Å². The lowest BCUT2D eigenvalue weighted by molar-refractivity contribution is 0.0123. The molecule has 3 nitrogen and oxygen atoms in total. The van der Waals surface area contributed by atoms with Gasteiger partial charge in [-0.15, -0.1) is 0 Å². The van der Waals surface area contributed by atoms with Gasteiger partial charge >= 0.3 is 0 Å². The minimum atomic E-state index is 0.692. The van der Waals surface area contributed by atoms with Crippen molar-refractivity contribution in [3.63, 3.8) is 0 Å². The Morgan fingerprint density at radius 3 is 2.32 bits per heavy atom. The molecule has 0 aromatic heterocycles. The van der Waals surface area contributed by atoms with Crippen molar-refractivity contribution in [2.75, 3.05) is 26.7 Å². The summed E-state index contributed by atoms with van der Waals surface area (Å²) in [4.78, 5) is 5.32. The van der Waals surface area contributed by atoms with Crippen molar-refractivity contribution in [2.24, 2.45) is 0 Å². The molecule has 2 aliphatic rings. The zero-order chi connectivity index (χ0) is 13.8. The third-order valence-electron chi connectivity index (χ3n) is 5.24. The molecular weight excluding hydrogens is 234 g/mol. The van der Waals surface area contributed by atoms with E-state index >= 15 is 0 Å². The van der Waals surface area contributed by atoms with E-state index in [-0.39, 0.29) is 0 Å². The van der Waals surface area contributed by atoms with Gasteiger partial charge in [0.25, 0.3) is 0 Å². The molecular formula is C16H33N3. The van der Waals surface area contributed by atoms with Crippen molar-refractivity contribution in [1.29, 1.82) is 0 Å². The molecule has 1 saturated heterocycles. The maximum absolute atomic E-state index is 3.80. The van der Waals surface area contributed by atoms with Crippen LogP contribution in [0.1, 0.15) is 52.9 Å². The van der Waals surface area contributed by atoms with Gasteiger partial charge in [-0.05, 0) is 46.7 Å². The number of hydrogen-bond donors (Lipinski definition) is 1.